The summed E-state index contributed by atoms with van der Waals surface area (Å²) in [4.78, 5) is 35.8. The van der Waals surface area contributed by atoms with E-state index in [0.29, 0.717) is 19.4 Å². The molecule has 0 radical (unpaired) electrons. The Balaban J connectivity index is 2.56. The third-order valence-corrected chi connectivity index (χ3v) is 3.32. The molecule has 0 bridgehead atoms. The van der Waals surface area contributed by atoms with Crippen LogP contribution in [0.4, 0.5) is 4.79 Å². The molecule has 1 saturated heterocycles. The van der Waals surface area contributed by atoms with Crippen LogP contribution < -0.4 is 10.6 Å². The Hall–Kier alpha value is -1.79. The van der Waals surface area contributed by atoms with E-state index in [-0.39, 0.29) is 12.5 Å². The van der Waals surface area contributed by atoms with Crippen LogP contribution in [0.1, 0.15) is 26.7 Å². The molecule has 108 valence electrons. The summed E-state index contributed by atoms with van der Waals surface area (Å²) in [5, 5.41) is 14.2. The maximum absolute atomic E-state index is 11.9. The Bertz CT molecular complexity index is 381. The summed E-state index contributed by atoms with van der Waals surface area (Å²) in [6.45, 7) is 4.02. The van der Waals surface area contributed by atoms with Gasteiger partial charge in [-0.3, -0.25) is 4.79 Å². The first-order valence-corrected chi connectivity index (χ1v) is 6.29. The molecule has 1 aliphatic rings. The van der Waals surface area contributed by atoms with Gasteiger partial charge in [0, 0.05) is 20.1 Å². The number of rotatable bonds is 4. The smallest absolute Gasteiger partial charge is 0.326 e. The van der Waals surface area contributed by atoms with E-state index in [4.69, 9.17) is 5.11 Å². The molecule has 3 N–H and O–H groups in total. The molecule has 0 aromatic carbocycles. The van der Waals surface area contributed by atoms with Gasteiger partial charge in [-0.2, -0.15) is 0 Å². The van der Waals surface area contributed by atoms with E-state index in [1.807, 2.05) is 0 Å². The summed E-state index contributed by atoms with van der Waals surface area (Å²) >= 11 is 0. The zero-order valence-corrected chi connectivity index (χ0v) is 11.5. The van der Waals surface area contributed by atoms with Crippen LogP contribution in [0, 0.1) is 5.41 Å². The number of carboxylic acids is 1. The van der Waals surface area contributed by atoms with Crippen LogP contribution in [0.15, 0.2) is 0 Å². The fourth-order valence-corrected chi connectivity index (χ4v) is 2.08. The summed E-state index contributed by atoms with van der Waals surface area (Å²) in [6.07, 6.45) is 1.16. The van der Waals surface area contributed by atoms with E-state index in [1.54, 1.807) is 13.8 Å². The van der Waals surface area contributed by atoms with Gasteiger partial charge in [0.05, 0.1) is 5.41 Å². The maximum Gasteiger partial charge on any atom is 0.326 e. The second-order valence-corrected chi connectivity index (χ2v) is 5.31. The topological polar surface area (TPSA) is 98.7 Å². The monoisotopic (exact) mass is 271 g/mol. The molecule has 0 aromatic heterocycles. The third kappa shape index (κ3) is 3.59. The van der Waals surface area contributed by atoms with E-state index in [0.717, 1.165) is 0 Å². The molecule has 0 aliphatic carbocycles. The minimum atomic E-state index is -0.988. The van der Waals surface area contributed by atoms with Gasteiger partial charge in [0.25, 0.3) is 0 Å². The second-order valence-electron chi connectivity index (χ2n) is 5.31. The molecule has 3 amide bonds. The van der Waals surface area contributed by atoms with Gasteiger partial charge in [-0.1, -0.05) is 0 Å². The summed E-state index contributed by atoms with van der Waals surface area (Å²) < 4.78 is 0. The van der Waals surface area contributed by atoms with Crippen molar-refractivity contribution in [3.63, 3.8) is 0 Å². The van der Waals surface area contributed by atoms with Crippen molar-refractivity contribution in [3.05, 3.63) is 0 Å². The lowest BCUT2D eigenvalue weighted by atomic mass is 9.92. The maximum atomic E-state index is 11.9. The number of nitrogens with one attached hydrogen (secondary N) is 2. The fourth-order valence-electron chi connectivity index (χ4n) is 2.08. The van der Waals surface area contributed by atoms with Crippen LogP contribution in [0.25, 0.3) is 0 Å². The number of carbonyl (C=O) groups is 3. The highest BCUT2D eigenvalue weighted by molar-refractivity contribution is 5.85. The molecular weight excluding hydrogens is 250 g/mol. The van der Waals surface area contributed by atoms with Crippen LogP contribution >= 0.6 is 0 Å². The first-order valence-electron chi connectivity index (χ1n) is 6.29. The zero-order chi connectivity index (χ0) is 14.6. The predicted molar refractivity (Wildman–Crippen MR) is 68.6 cm³/mol. The minimum Gasteiger partial charge on any atom is -0.480 e. The number of aliphatic carboxylic acids is 1. The number of carbonyl (C=O) groups excluding carboxylic acids is 2. The molecule has 7 heteroatoms. The Morgan fingerprint density at radius 1 is 1.37 bits per heavy atom. The van der Waals surface area contributed by atoms with Gasteiger partial charge in [0.15, 0.2) is 0 Å². The van der Waals surface area contributed by atoms with Crippen molar-refractivity contribution < 1.29 is 19.5 Å². The average Bonchev–Trinajstić information content (AvgIpc) is 2.84. The molecular formula is C12H21N3O4. The molecule has 1 heterocycles. The van der Waals surface area contributed by atoms with Crippen molar-refractivity contribution >= 4 is 17.9 Å². The third-order valence-electron chi connectivity index (χ3n) is 3.32. The number of carboxylic acid groups (broad SMARTS) is 1. The van der Waals surface area contributed by atoms with Crippen molar-refractivity contribution in [1.82, 2.24) is 15.5 Å². The van der Waals surface area contributed by atoms with Crippen LogP contribution in [0.2, 0.25) is 0 Å². The molecule has 7 nitrogen and oxygen atoms in total. The highest BCUT2D eigenvalue weighted by Gasteiger charge is 2.35. The van der Waals surface area contributed by atoms with Gasteiger partial charge in [-0.15, -0.1) is 0 Å². The van der Waals surface area contributed by atoms with Crippen molar-refractivity contribution in [1.29, 1.82) is 0 Å². The normalized spacial score (nSPS) is 19.1. The molecule has 1 rings (SSSR count). The molecule has 1 fully saturated rings. The summed E-state index contributed by atoms with van der Waals surface area (Å²) in [6, 6.07) is -1.19. The Morgan fingerprint density at radius 2 is 2.00 bits per heavy atom. The van der Waals surface area contributed by atoms with Gasteiger partial charge in [-0.05, 0) is 26.7 Å². The minimum absolute atomic E-state index is 0.161. The largest absolute Gasteiger partial charge is 0.480 e. The molecule has 1 unspecified atom stereocenters. The Labute approximate surface area is 112 Å². The number of hydrogen-bond donors (Lipinski definition) is 3. The first-order chi connectivity index (χ1) is 8.79. The lowest BCUT2D eigenvalue weighted by molar-refractivity contribution is -0.141. The quantitative estimate of drug-likeness (QED) is 0.671. The van der Waals surface area contributed by atoms with Gasteiger partial charge >= 0.3 is 12.0 Å². The predicted octanol–water partition coefficient (Wildman–Crippen LogP) is 0.0172. The number of nitrogens with zero attached hydrogens (tertiary/aromatic N) is 1. The zero-order valence-electron chi connectivity index (χ0n) is 11.5. The van der Waals surface area contributed by atoms with Gasteiger partial charge in [-0.25, -0.2) is 9.59 Å². The van der Waals surface area contributed by atoms with Crippen molar-refractivity contribution in [3.8, 4) is 0 Å². The van der Waals surface area contributed by atoms with E-state index in [2.05, 4.69) is 10.6 Å². The van der Waals surface area contributed by atoms with E-state index in [1.165, 1.54) is 11.9 Å². The lowest BCUT2D eigenvalue weighted by Crippen LogP contribution is -2.50. The molecule has 1 aliphatic heterocycles. The molecule has 0 spiro atoms. The number of likely N-dealkylation sites (tertiary alicyclic amines) is 1. The summed E-state index contributed by atoms with van der Waals surface area (Å²) in [7, 11) is 1.53. The molecule has 0 saturated carbocycles. The Morgan fingerprint density at radius 3 is 2.53 bits per heavy atom. The van der Waals surface area contributed by atoms with Gasteiger partial charge in [0.1, 0.15) is 6.04 Å². The number of hydrogen-bond acceptors (Lipinski definition) is 3. The molecule has 1 atom stereocenters. The SMILES string of the molecule is CNC(=O)C(C)(C)CNC(=O)N1CCCC1C(=O)O. The van der Waals surface area contributed by atoms with E-state index >= 15 is 0 Å². The summed E-state index contributed by atoms with van der Waals surface area (Å²) in [5.41, 5.74) is -0.733. The fraction of sp³-hybridized carbons (Fsp3) is 0.750. The van der Waals surface area contributed by atoms with Crippen LogP contribution in [-0.4, -0.2) is 54.1 Å². The Kier molecular flexibility index (Phi) is 4.74. The number of urea groups is 1. The highest BCUT2D eigenvalue weighted by Crippen LogP contribution is 2.18. The van der Waals surface area contributed by atoms with Gasteiger partial charge in [0.2, 0.25) is 5.91 Å². The van der Waals surface area contributed by atoms with Gasteiger partial charge < -0.3 is 20.6 Å². The van der Waals surface area contributed by atoms with Crippen molar-refractivity contribution in [2.45, 2.75) is 32.7 Å². The summed E-state index contributed by atoms with van der Waals surface area (Å²) in [5.74, 6) is -1.16. The average molecular weight is 271 g/mol. The van der Waals surface area contributed by atoms with Crippen molar-refractivity contribution in [2.75, 3.05) is 20.1 Å². The second kappa shape index (κ2) is 5.90. The van der Waals surface area contributed by atoms with Crippen molar-refractivity contribution in [2.24, 2.45) is 5.41 Å². The van der Waals surface area contributed by atoms with Crippen LogP contribution in [0.5, 0.6) is 0 Å². The van der Waals surface area contributed by atoms with Crippen LogP contribution in [0.3, 0.4) is 0 Å². The first kappa shape index (κ1) is 15.3. The van der Waals surface area contributed by atoms with E-state index < -0.39 is 23.5 Å². The standard InChI is InChI=1S/C12H21N3O4/c1-12(2,10(18)13-3)7-14-11(19)15-6-4-5-8(15)9(16)17/h8H,4-7H2,1-3H3,(H,13,18)(H,14,19)(H,16,17). The molecule has 0 aromatic rings. The lowest BCUT2D eigenvalue weighted by Gasteiger charge is -2.26. The number of amides is 3. The highest BCUT2D eigenvalue weighted by atomic mass is 16.4. The molecule has 19 heavy (non-hydrogen) atoms. The van der Waals surface area contributed by atoms with E-state index in [9.17, 15) is 14.4 Å². The van der Waals surface area contributed by atoms with Crippen LogP contribution in [-0.2, 0) is 9.59 Å².